The van der Waals surface area contributed by atoms with Gasteiger partial charge in [0.05, 0.1) is 22.8 Å². The van der Waals surface area contributed by atoms with Crippen molar-refractivity contribution in [1.82, 2.24) is 10.1 Å². The SMILES string of the molecule is C[C@@H]1[C@@H]2C[C@@H](C[C@H]2OCc2c(-c3c(Cl)cccc3Cl)noc2C2CC2)N1C(=O)OC(C)(C)C. The molecule has 8 heteroatoms. The number of nitrogens with zero attached hydrogens (tertiary/aromatic N) is 2. The lowest BCUT2D eigenvalue weighted by Crippen LogP contribution is -2.49. The first-order valence-electron chi connectivity index (χ1n) is 11.7. The number of carbonyl (C=O) groups is 1. The van der Waals surface area contributed by atoms with E-state index in [9.17, 15) is 4.79 Å². The zero-order chi connectivity index (χ0) is 23.5. The third kappa shape index (κ3) is 4.38. The standard InChI is InChI=1S/C25H30Cl2N2O4/c1-13-16-10-15(29(13)24(30)32-25(2,3)4)11-20(16)31-12-17-22(28-33-23(17)14-8-9-14)21-18(26)6-5-7-19(21)27/h5-7,13-16,20H,8-12H2,1-4H3/t13-,15+,16+,20-/m1/s1. The van der Waals surface area contributed by atoms with Gasteiger partial charge in [-0.2, -0.15) is 0 Å². The van der Waals surface area contributed by atoms with Crippen LogP contribution in [0.4, 0.5) is 4.79 Å². The van der Waals surface area contributed by atoms with E-state index in [4.69, 9.17) is 37.2 Å². The molecular weight excluding hydrogens is 463 g/mol. The fraction of sp³-hybridized carbons (Fsp3) is 0.600. The molecule has 1 amide bonds. The van der Waals surface area contributed by atoms with Gasteiger partial charge in [0.2, 0.25) is 0 Å². The summed E-state index contributed by atoms with van der Waals surface area (Å²) >= 11 is 12.9. The van der Waals surface area contributed by atoms with Crippen molar-refractivity contribution in [3.8, 4) is 11.3 Å². The van der Waals surface area contributed by atoms with E-state index in [2.05, 4.69) is 12.1 Å². The topological polar surface area (TPSA) is 64.8 Å². The molecule has 2 aliphatic carbocycles. The van der Waals surface area contributed by atoms with Gasteiger partial charge in [-0.25, -0.2) is 4.79 Å². The third-order valence-corrected chi connectivity index (χ3v) is 7.62. The molecule has 3 fully saturated rings. The number of hydrogen-bond acceptors (Lipinski definition) is 5. The van der Waals surface area contributed by atoms with Crippen LogP contribution in [0.2, 0.25) is 10.0 Å². The number of amides is 1. The lowest BCUT2D eigenvalue weighted by Gasteiger charge is -2.37. The predicted molar refractivity (Wildman–Crippen MR) is 127 cm³/mol. The molecule has 0 spiro atoms. The molecule has 1 aliphatic heterocycles. The van der Waals surface area contributed by atoms with E-state index < -0.39 is 5.60 Å². The molecule has 2 aromatic rings. The van der Waals surface area contributed by atoms with Crippen molar-refractivity contribution >= 4 is 29.3 Å². The minimum atomic E-state index is -0.502. The van der Waals surface area contributed by atoms with Crippen molar-refractivity contribution < 1.29 is 18.8 Å². The van der Waals surface area contributed by atoms with E-state index in [-0.39, 0.29) is 30.2 Å². The zero-order valence-corrected chi connectivity index (χ0v) is 20.9. The number of hydrogen-bond donors (Lipinski definition) is 0. The summed E-state index contributed by atoms with van der Waals surface area (Å²) in [5.41, 5.74) is 1.79. The Labute approximate surface area is 204 Å². The average Bonchev–Trinajstić information content (AvgIpc) is 3.22. The predicted octanol–water partition coefficient (Wildman–Crippen LogP) is 6.83. The summed E-state index contributed by atoms with van der Waals surface area (Å²) in [6, 6.07) is 5.65. The van der Waals surface area contributed by atoms with Gasteiger partial charge in [-0.15, -0.1) is 0 Å². The van der Waals surface area contributed by atoms with Gasteiger partial charge >= 0.3 is 6.09 Å². The highest BCUT2D eigenvalue weighted by atomic mass is 35.5. The normalized spacial score (nSPS) is 26.8. The highest BCUT2D eigenvalue weighted by Gasteiger charge is 2.53. The summed E-state index contributed by atoms with van der Waals surface area (Å²) in [4.78, 5) is 14.6. The van der Waals surface area contributed by atoms with Gasteiger partial charge in [0.1, 0.15) is 17.1 Å². The second-order valence-electron chi connectivity index (χ2n) is 10.5. The molecule has 178 valence electrons. The smallest absolute Gasteiger partial charge is 0.410 e. The largest absolute Gasteiger partial charge is 0.444 e. The number of likely N-dealkylation sites (tertiary alicyclic amines) is 1. The molecule has 0 unspecified atom stereocenters. The molecule has 1 aromatic carbocycles. The van der Waals surface area contributed by atoms with Gasteiger partial charge < -0.3 is 18.9 Å². The number of piperidine rings is 1. The van der Waals surface area contributed by atoms with Crippen molar-refractivity contribution in [2.24, 2.45) is 5.92 Å². The van der Waals surface area contributed by atoms with Crippen LogP contribution in [0.5, 0.6) is 0 Å². The summed E-state index contributed by atoms with van der Waals surface area (Å²) < 4.78 is 17.9. The third-order valence-electron chi connectivity index (χ3n) is 6.99. The molecule has 4 atom stereocenters. The lowest BCUT2D eigenvalue weighted by molar-refractivity contribution is -0.0388. The van der Waals surface area contributed by atoms with Crippen molar-refractivity contribution in [3.05, 3.63) is 39.6 Å². The maximum atomic E-state index is 12.7. The molecule has 1 saturated heterocycles. The van der Waals surface area contributed by atoms with E-state index in [0.717, 1.165) is 37.0 Å². The maximum absolute atomic E-state index is 12.7. The van der Waals surface area contributed by atoms with Crippen LogP contribution in [0.3, 0.4) is 0 Å². The Hall–Kier alpha value is -1.76. The van der Waals surface area contributed by atoms with Crippen molar-refractivity contribution in [1.29, 1.82) is 0 Å². The molecule has 2 bridgehead atoms. The summed E-state index contributed by atoms with van der Waals surface area (Å²) in [5, 5.41) is 5.44. The van der Waals surface area contributed by atoms with Crippen LogP contribution < -0.4 is 0 Å². The molecule has 33 heavy (non-hydrogen) atoms. The maximum Gasteiger partial charge on any atom is 0.410 e. The molecule has 6 nitrogen and oxygen atoms in total. The Morgan fingerprint density at radius 1 is 1.21 bits per heavy atom. The molecule has 1 aromatic heterocycles. The number of aromatic nitrogens is 1. The first kappa shape index (κ1) is 23.0. The Morgan fingerprint density at radius 2 is 1.91 bits per heavy atom. The average molecular weight is 493 g/mol. The summed E-state index contributed by atoms with van der Waals surface area (Å²) in [6.45, 7) is 8.17. The van der Waals surface area contributed by atoms with Crippen LogP contribution in [0.25, 0.3) is 11.3 Å². The van der Waals surface area contributed by atoms with E-state index in [1.807, 2.05) is 43.9 Å². The van der Waals surface area contributed by atoms with Crippen molar-refractivity contribution in [2.75, 3.05) is 0 Å². The van der Waals surface area contributed by atoms with Crippen LogP contribution in [-0.4, -0.2) is 39.9 Å². The highest BCUT2D eigenvalue weighted by molar-refractivity contribution is 6.39. The van der Waals surface area contributed by atoms with E-state index in [1.165, 1.54) is 0 Å². The zero-order valence-electron chi connectivity index (χ0n) is 19.4. The first-order valence-corrected chi connectivity index (χ1v) is 12.5. The summed E-state index contributed by atoms with van der Waals surface area (Å²) in [7, 11) is 0. The van der Waals surface area contributed by atoms with Crippen molar-refractivity contribution in [3.63, 3.8) is 0 Å². The van der Waals surface area contributed by atoms with E-state index >= 15 is 0 Å². The summed E-state index contributed by atoms with van der Waals surface area (Å²) in [6.07, 6.45) is 3.77. The minimum absolute atomic E-state index is 0.0696. The molecule has 3 aliphatic rings. The minimum Gasteiger partial charge on any atom is -0.444 e. The Bertz CT molecular complexity index is 1040. The number of ether oxygens (including phenoxy) is 2. The molecule has 0 radical (unpaired) electrons. The second kappa shape index (κ2) is 8.47. The van der Waals surface area contributed by atoms with Crippen LogP contribution >= 0.6 is 23.2 Å². The van der Waals surface area contributed by atoms with E-state index in [0.29, 0.717) is 33.8 Å². The van der Waals surface area contributed by atoms with Gasteiger partial charge in [0.25, 0.3) is 0 Å². The van der Waals surface area contributed by atoms with Crippen LogP contribution in [0.1, 0.15) is 70.6 Å². The molecule has 0 N–H and O–H groups in total. The fourth-order valence-electron chi connectivity index (χ4n) is 5.34. The fourth-order valence-corrected chi connectivity index (χ4v) is 5.92. The van der Waals surface area contributed by atoms with Gasteiger partial charge in [0.15, 0.2) is 0 Å². The quantitative estimate of drug-likeness (QED) is 0.457. The Kier molecular flexibility index (Phi) is 5.91. The number of fused-ring (bicyclic) bond motifs is 2. The Balaban J connectivity index is 1.33. The first-order chi connectivity index (χ1) is 15.6. The molecule has 2 saturated carbocycles. The molecule has 2 heterocycles. The van der Waals surface area contributed by atoms with Crippen LogP contribution in [0, 0.1) is 5.92 Å². The van der Waals surface area contributed by atoms with Crippen molar-refractivity contribution in [2.45, 2.75) is 89.7 Å². The van der Waals surface area contributed by atoms with Gasteiger partial charge in [-0.05, 0) is 65.5 Å². The van der Waals surface area contributed by atoms with Gasteiger partial charge in [0, 0.05) is 35.0 Å². The summed E-state index contributed by atoms with van der Waals surface area (Å²) in [5.74, 6) is 1.54. The van der Waals surface area contributed by atoms with Crippen LogP contribution in [-0.2, 0) is 16.1 Å². The number of benzene rings is 1. The number of carbonyl (C=O) groups excluding carboxylic acids is 1. The Morgan fingerprint density at radius 3 is 2.52 bits per heavy atom. The number of halogens is 2. The monoisotopic (exact) mass is 492 g/mol. The highest BCUT2D eigenvalue weighted by Crippen LogP contribution is 2.48. The van der Waals surface area contributed by atoms with Gasteiger partial charge in [-0.1, -0.05) is 34.4 Å². The molecular formula is C25H30Cl2N2O4. The molecule has 5 rings (SSSR count). The number of rotatable bonds is 5. The van der Waals surface area contributed by atoms with Gasteiger partial charge in [-0.3, -0.25) is 0 Å². The lowest BCUT2D eigenvalue weighted by atomic mass is 9.97. The van der Waals surface area contributed by atoms with E-state index in [1.54, 1.807) is 0 Å². The second-order valence-corrected chi connectivity index (χ2v) is 11.3. The van der Waals surface area contributed by atoms with Crippen LogP contribution in [0.15, 0.2) is 22.7 Å².